The van der Waals surface area contributed by atoms with Crippen LogP contribution < -0.4 is 15.6 Å². The van der Waals surface area contributed by atoms with Crippen LogP contribution in [0.4, 0.5) is 4.39 Å². The molecule has 0 spiro atoms. The first-order valence-electron chi connectivity index (χ1n) is 8.42. The van der Waals surface area contributed by atoms with Gasteiger partial charge >= 0.3 is 0 Å². The molecular weight excluding hydrogens is 351 g/mol. The number of Topliss-reactive ketones (excluding diaryl/α,β-unsaturated/α-hetero) is 1. The van der Waals surface area contributed by atoms with Crippen molar-refractivity contribution in [2.24, 2.45) is 0 Å². The summed E-state index contributed by atoms with van der Waals surface area (Å²) in [6.45, 7) is 3.50. The van der Waals surface area contributed by atoms with E-state index in [0.717, 1.165) is 11.1 Å². The highest BCUT2D eigenvalue weighted by molar-refractivity contribution is 5.98. The molecule has 27 heavy (non-hydrogen) atoms. The van der Waals surface area contributed by atoms with Gasteiger partial charge in [0.15, 0.2) is 12.4 Å². The molecular formula is C20H21FN2O4. The monoisotopic (exact) mass is 372 g/mol. The normalized spacial score (nSPS) is 10.2. The van der Waals surface area contributed by atoms with Crippen LogP contribution in [0.3, 0.4) is 0 Å². The summed E-state index contributed by atoms with van der Waals surface area (Å²) < 4.78 is 18.3. The average Bonchev–Trinajstić information content (AvgIpc) is 2.64. The topological polar surface area (TPSA) is 84.5 Å². The minimum atomic E-state index is -0.518. The van der Waals surface area contributed by atoms with Crippen molar-refractivity contribution in [1.82, 2.24) is 10.9 Å². The maximum Gasteiger partial charge on any atom is 0.276 e. The summed E-state index contributed by atoms with van der Waals surface area (Å²) in [4.78, 5) is 35.4. The van der Waals surface area contributed by atoms with Crippen LogP contribution in [-0.2, 0) is 9.59 Å². The Labute approximate surface area is 156 Å². The summed E-state index contributed by atoms with van der Waals surface area (Å²) in [5.74, 6) is -1.12. The van der Waals surface area contributed by atoms with Crippen molar-refractivity contribution in [3.63, 3.8) is 0 Å². The number of para-hydroxylation sites is 1. The molecule has 0 aliphatic rings. The number of benzene rings is 2. The highest BCUT2D eigenvalue weighted by atomic mass is 19.1. The zero-order valence-corrected chi connectivity index (χ0v) is 15.2. The number of halogens is 1. The van der Waals surface area contributed by atoms with Crippen LogP contribution in [0.15, 0.2) is 42.5 Å². The molecule has 0 aliphatic heterocycles. The lowest BCUT2D eigenvalue weighted by Crippen LogP contribution is -2.43. The quantitative estimate of drug-likeness (QED) is 0.578. The molecule has 6 nitrogen and oxygen atoms in total. The molecule has 0 aliphatic carbocycles. The summed E-state index contributed by atoms with van der Waals surface area (Å²) in [5.41, 5.74) is 6.62. The number of amides is 2. The van der Waals surface area contributed by atoms with E-state index >= 15 is 0 Å². The highest BCUT2D eigenvalue weighted by Crippen LogP contribution is 2.21. The van der Waals surface area contributed by atoms with Crippen molar-refractivity contribution < 1.29 is 23.5 Å². The molecule has 0 heterocycles. The predicted molar refractivity (Wildman–Crippen MR) is 97.7 cm³/mol. The molecule has 0 radical (unpaired) electrons. The molecule has 0 saturated carbocycles. The Morgan fingerprint density at radius 2 is 1.48 bits per heavy atom. The molecule has 0 atom stereocenters. The number of hydrogen-bond donors (Lipinski definition) is 2. The van der Waals surface area contributed by atoms with Gasteiger partial charge in [-0.05, 0) is 49.2 Å². The minimum Gasteiger partial charge on any atom is -0.483 e. The Bertz CT molecular complexity index is 814. The van der Waals surface area contributed by atoms with Gasteiger partial charge in [0.2, 0.25) is 5.91 Å². The third-order valence-corrected chi connectivity index (χ3v) is 3.84. The van der Waals surface area contributed by atoms with Crippen molar-refractivity contribution in [3.05, 3.63) is 65.0 Å². The van der Waals surface area contributed by atoms with Crippen molar-refractivity contribution in [2.45, 2.75) is 26.7 Å². The van der Waals surface area contributed by atoms with Gasteiger partial charge in [-0.25, -0.2) is 4.39 Å². The number of hydrazine groups is 1. The number of hydrogen-bond acceptors (Lipinski definition) is 4. The maximum atomic E-state index is 12.8. The summed E-state index contributed by atoms with van der Waals surface area (Å²) in [7, 11) is 0. The van der Waals surface area contributed by atoms with E-state index in [1.807, 2.05) is 32.0 Å². The predicted octanol–water partition coefficient (Wildman–Crippen LogP) is 2.63. The molecule has 0 fully saturated rings. The van der Waals surface area contributed by atoms with Crippen LogP contribution in [0.25, 0.3) is 0 Å². The third kappa shape index (κ3) is 6.22. The molecule has 2 amide bonds. The average molecular weight is 372 g/mol. The molecule has 0 bridgehead atoms. The van der Waals surface area contributed by atoms with Crippen molar-refractivity contribution in [3.8, 4) is 5.75 Å². The van der Waals surface area contributed by atoms with Gasteiger partial charge in [0.25, 0.3) is 5.91 Å². The Kier molecular flexibility index (Phi) is 7.05. The second-order valence-electron chi connectivity index (χ2n) is 6.04. The van der Waals surface area contributed by atoms with Crippen LogP contribution >= 0.6 is 0 Å². The zero-order valence-electron chi connectivity index (χ0n) is 15.2. The van der Waals surface area contributed by atoms with Crippen molar-refractivity contribution in [2.75, 3.05) is 6.61 Å². The van der Waals surface area contributed by atoms with Crippen LogP contribution in [-0.4, -0.2) is 24.2 Å². The van der Waals surface area contributed by atoms with Crippen LogP contribution in [0.2, 0.25) is 0 Å². The number of nitrogens with one attached hydrogen (secondary N) is 2. The molecule has 142 valence electrons. The zero-order chi connectivity index (χ0) is 19.8. The van der Waals surface area contributed by atoms with Crippen LogP contribution in [0.1, 0.15) is 34.3 Å². The summed E-state index contributed by atoms with van der Waals surface area (Å²) in [5, 5.41) is 0. The molecule has 7 heteroatoms. The fourth-order valence-corrected chi connectivity index (χ4v) is 2.41. The van der Waals surface area contributed by atoms with E-state index < -0.39 is 17.6 Å². The van der Waals surface area contributed by atoms with E-state index in [1.54, 1.807) is 0 Å². The lowest BCUT2D eigenvalue weighted by atomic mass is 10.1. The fraction of sp³-hybridized carbons (Fsp3) is 0.250. The SMILES string of the molecule is Cc1cccc(C)c1OCC(=O)NNC(=O)CCC(=O)c1ccc(F)cc1. The second kappa shape index (κ2) is 9.47. The maximum absolute atomic E-state index is 12.8. The van der Waals surface area contributed by atoms with Crippen LogP contribution in [0.5, 0.6) is 5.75 Å². The van der Waals surface area contributed by atoms with E-state index in [4.69, 9.17) is 4.74 Å². The van der Waals surface area contributed by atoms with Gasteiger partial charge in [-0.15, -0.1) is 0 Å². The van der Waals surface area contributed by atoms with E-state index in [2.05, 4.69) is 10.9 Å². The van der Waals surface area contributed by atoms with E-state index in [0.29, 0.717) is 11.3 Å². The Hall–Kier alpha value is -3.22. The summed E-state index contributed by atoms with van der Waals surface area (Å²) in [6, 6.07) is 10.7. The van der Waals surface area contributed by atoms with Gasteiger partial charge in [0.05, 0.1) is 0 Å². The van der Waals surface area contributed by atoms with Crippen LogP contribution in [0, 0.1) is 19.7 Å². The van der Waals surface area contributed by atoms with E-state index in [-0.39, 0.29) is 25.2 Å². The number of aryl methyl sites for hydroxylation is 2. The molecule has 0 saturated heterocycles. The Morgan fingerprint density at radius 1 is 0.889 bits per heavy atom. The lowest BCUT2D eigenvalue weighted by Gasteiger charge is -2.12. The molecule has 2 aromatic rings. The number of carbonyl (C=O) groups is 3. The molecule has 2 aromatic carbocycles. The highest BCUT2D eigenvalue weighted by Gasteiger charge is 2.11. The number of rotatable bonds is 7. The molecule has 2 rings (SSSR count). The first-order valence-corrected chi connectivity index (χ1v) is 8.42. The molecule has 0 aromatic heterocycles. The number of carbonyl (C=O) groups excluding carboxylic acids is 3. The van der Waals surface area contributed by atoms with Gasteiger partial charge in [-0.2, -0.15) is 0 Å². The van der Waals surface area contributed by atoms with Gasteiger partial charge in [-0.1, -0.05) is 18.2 Å². The first kappa shape index (κ1) is 20.1. The Balaban J connectivity index is 1.71. The standard InChI is InChI=1S/C20H21FN2O4/c1-13-4-3-5-14(2)20(13)27-12-19(26)23-22-18(25)11-10-17(24)15-6-8-16(21)9-7-15/h3-9H,10-12H2,1-2H3,(H,22,25)(H,23,26). The Morgan fingerprint density at radius 3 is 2.11 bits per heavy atom. The smallest absolute Gasteiger partial charge is 0.276 e. The second-order valence-corrected chi connectivity index (χ2v) is 6.04. The van der Waals surface area contributed by atoms with Gasteiger partial charge in [0.1, 0.15) is 11.6 Å². The molecule has 2 N–H and O–H groups in total. The fourth-order valence-electron chi connectivity index (χ4n) is 2.41. The van der Waals surface area contributed by atoms with E-state index in [1.165, 1.54) is 24.3 Å². The molecule has 0 unspecified atom stereocenters. The largest absolute Gasteiger partial charge is 0.483 e. The van der Waals surface area contributed by atoms with E-state index in [9.17, 15) is 18.8 Å². The van der Waals surface area contributed by atoms with Crippen molar-refractivity contribution in [1.29, 1.82) is 0 Å². The van der Waals surface area contributed by atoms with Gasteiger partial charge < -0.3 is 4.74 Å². The van der Waals surface area contributed by atoms with Crippen molar-refractivity contribution >= 4 is 17.6 Å². The lowest BCUT2D eigenvalue weighted by molar-refractivity contribution is -0.130. The van der Waals surface area contributed by atoms with Gasteiger partial charge in [-0.3, -0.25) is 25.2 Å². The number of ketones is 1. The third-order valence-electron chi connectivity index (χ3n) is 3.84. The minimum absolute atomic E-state index is 0.0494. The first-order chi connectivity index (χ1) is 12.9. The number of ether oxygens (including phenoxy) is 1. The summed E-state index contributed by atoms with van der Waals surface area (Å²) in [6.07, 6.45) is -0.152. The van der Waals surface area contributed by atoms with Gasteiger partial charge in [0, 0.05) is 18.4 Å². The summed E-state index contributed by atoms with van der Waals surface area (Å²) >= 11 is 0.